The number of benzene rings is 1. The van der Waals surface area contributed by atoms with E-state index in [2.05, 4.69) is 42.8 Å². The molecule has 0 fully saturated rings. The molecule has 1 amide bonds. The van der Waals surface area contributed by atoms with Gasteiger partial charge < -0.3 is 4.74 Å². The smallest absolute Gasteiger partial charge is 0.411 e. The molecule has 1 aromatic rings. The number of amides is 1. The van der Waals surface area contributed by atoms with Crippen molar-refractivity contribution >= 4 is 11.8 Å². The first-order valence-corrected chi connectivity index (χ1v) is 12.6. The second-order valence-corrected chi connectivity index (χ2v) is 8.53. The lowest BCUT2D eigenvalue weighted by Gasteiger charge is -2.31. The first-order valence-electron chi connectivity index (χ1n) is 12.6. The summed E-state index contributed by atoms with van der Waals surface area (Å²) < 4.78 is 6.00. The molecule has 0 radical (unpaired) electrons. The van der Waals surface area contributed by atoms with Gasteiger partial charge in [0.2, 0.25) is 0 Å². The van der Waals surface area contributed by atoms with Crippen LogP contribution >= 0.6 is 0 Å². The molecule has 0 aromatic heterocycles. The van der Waals surface area contributed by atoms with Crippen molar-refractivity contribution in [3.63, 3.8) is 0 Å². The minimum absolute atomic E-state index is 0.133. The molecule has 0 spiro atoms. The Bertz CT molecular complexity index is 515. The maximum Gasteiger partial charge on any atom is 0.411 e. The van der Waals surface area contributed by atoms with Gasteiger partial charge in [0, 0.05) is 18.8 Å². The Morgan fingerprint density at radius 1 is 0.774 bits per heavy atom. The van der Waals surface area contributed by atoms with Gasteiger partial charge in [-0.3, -0.25) is 15.1 Å². The molecule has 0 aliphatic rings. The summed E-state index contributed by atoms with van der Waals surface area (Å²) in [6, 6.07) is 9.56. The molecule has 1 rings (SSSR count). The average Bonchev–Trinajstić information content (AvgIpc) is 2.77. The molecule has 5 heteroatoms. The summed E-state index contributed by atoms with van der Waals surface area (Å²) in [5.41, 5.74) is 0.772. The van der Waals surface area contributed by atoms with Gasteiger partial charge in [0.05, 0.1) is 0 Å². The number of nitrogens with one attached hydrogen (secondary N) is 1. The zero-order valence-corrected chi connectivity index (χ0v) is 20.6. The maximum atomic E-state index is 12.7. The van der Waals surface area contributed by atoms with E-state index in [-0.39, 0.29) is 12.2 Å². The third-order valence-corrected chi connectivity index (χ3v) is 5.53. The summed E-state index contributed by atoms with van der Waals surface area (Å²) >= 11 is 0. The number of para-hydroxylation sites is 1. The first-order chi connectivity index (χ1) is 15.1. The predicted molar refractivity (Wildman–Crippen MR) is 133 cm³/mol. The van der Waals surface area contributed by atoms with Crippen LogP contribution in [-0.4, -0.2) is 61.3 Å². The predicted octanol–water partition coefficient (Wildman–Crippen LogP) is 6.41. The number of hydrogen-bond acceptors (Lipinski definition) is 4. The second-order valence-electron chi connectivity index (χ2n) is 8.53. The zero-order chi connectivity index (χ0) is 22.7. The highest BCUT2D eigenvalue weighted by molar-refractivity contribution is 5.84. The van der Waals surface area contributed by atoms with Crippen LogP contribution in [0.5, 0.6) is 0 Å². The fourth-order valence-electron chi connectivity index (χ4n) is 3.64. The summed E-state index contributed by atoms with van der Waals surface area (Å²) in [6.07, 6.45) is 8.97. The fraction of sp³-hybridized carbons (Fsp3) is 0.731. The highest BCUT2D eigenvalue weighted by atomic mass is 16.6. The molecule has 1 aromatic carbocycles. The third-order valence-electron chi connectivity index (χ3n) is 5.53. The lowest BCUT2D eigenvalue weighted by Crippen LogP contribution is -2.44. The van der Waals surface area contributed by atoms with E-state index >= 15 is 0 Å². The van der Waals surface area contributed by atoms with Gasteiger partial charge in [-0.15, -0.1) is 0 Å². The average molecular weight is 434 g/mol. The van der Waals surface area contributed by atoms with Gasteiger partial charge in [0.15, 0.2) is 0 Å². The molecule has 0 heterocycles. The summed E-state index contributed by atoms with van der Waals surface area (Å²) in [6.45, 7) is 14.8. The fourth-order valence-corrected chi connectivity index (χ4v) is 3.64. The molecule has 0 aliphatic heterocycles. The normalized spacial score (nSPS) is 11.5. The van der Waals surface area contributed by atoms with Crippen molar-refractivity contribution in [1.29, 1.82) is 0 Å². The zero-order valence-electron chi connectivity index (χ0n) is 20.6. The highest BCUT2D eigenvalue weighted by Crippen LogP contribution is 2.11. The van der Waals surface area contributed by atoms with Gasteiger partial charge in [0.25, 0.3) is 0 Å². The van der Waals surface area contributed by atoms with E-state index in [0.717, 1.165) is 45.0 Å². The van der Waals surface area contributed by atoms with Crippen molar-refractivity contribution in [2.45, 2.75) is 85.2 Å². The molecular formula is C26H47N3O2. The van der Waals surface area contributed by atoms with Gasteiger partial charge in [-0.2, -0.15) is 0 Å². The van der Waals surface area contributed by atoms with Gasteiger partial charge in [-0.25, -0.2) is 4.79 Å². The van der Waals surface area contributed by atoms with Gasteiger partial charge in [-0.05, 0) is 64.0 Å². The van der Waals surface area contributed by atoms with Crippen molar-refractivity contribution in [3.05, 3.63) is 30.3 Å². The molecule has 1 N–H and O–H groups in total. The highest BCUT2D eigenvalue weighted by Gasteiger charge is 2.21. The minimum Gasteiger partial charge on any atom is -0.443 e. The van der Waals surface area contributed by atoms with Crippen LogP contribution in [0.2, 0.25) is 0 Å². The first kappa shape index (κ1) is 27.4. The van der Waals surface area contributed by atoms with Crippen molar-refractivity contribution in [3.8, 4) is 0 Å². The van der Waals surface area contributed by atoms with Crippen LogP contribution in [0.3, 0.4) is 0 Å². The van der Waals surface area contributed by atoms with Crippen LogP contribution in [-0.2, 0) is 4.74 Å². The van der Waals surface area contributed by atoms with Crippen LogP contribution in [0.1, 0.15) is 79.1 Å². The number of rotatable bonds is 18. The van der Waals surface area contributed by atoms with Crippen LogP contribution in [0, 0.1) is 0 Å². The van der Waals surface area contributed by atoms with E-state index in [4.69, 9.17) is 4.74 Å². The summed E-state index contributed by atoms with van der Waals surface area (Å²) in [5.74, 6) is 0. The van der Waals surface area contributed by atoms with E-state index in [1.165, 1.54) is 51.4 Å². The van der Waals surface area contributed by atoms with E-state index in [1.807, 2.05) is 30.3 Å². The van der Waals surface area contributed by atoms with Gasteiger partial charge in [0.1, 0.15) is 6.10 Å². The molecule has 0 saturated heterocycles. The number of nitrogens with zero attached hydrogens (tertiary/aromatic N) is 2. The Kier molecular flexibility index (Phi) is 16.0. The van der Waals surface area contributed by atoms with Crippen molar-refractivity contribution in [2.24, 2.45) is 0 Å². The summed E-state index contributed by atoms with van der Waals surface area (Å²) in [4.78, 5) is 17.7. The SMILES string of the molecule is CCCCN(CCCC)CC(CN(CCCC)CCCC)OC(=O)Nc1ccccc1. The van der Waals surface area contributed by atoms with E-state index in [9.17, 15) is 4.79 Å². The lowest BCUT2D eigenvalue weighted by molar-refractivity contribution is 0.0512. The molecular weight excluding hydrogens is 386 g/mol. The molecule has 5 nitrogen and oxygen atoms in total. The largest absolute Gasteiger partial charge is 0.443 e. The van der Waals surface area contributed by atoms with Crippen molar-refractivity contribution in [1.82, 2.24) is 9.80 Å². The van der Waals surface area contributed by atoms with Gasteiger partial charge in [-0.1, -0.05) is 71.6 Å². The van der Waals surface area contributed by atoms with Crippen LogP contribution < -0.4 is 5.32 Å². The van der Waals surface area contributed by atoms with E-state index in [0.29, 0.717) is 0 Å². The van der Waals surface area contributed by atoms with Crippen LogP contribution in [0.15, 0.2) is 30.3 Å². The summed E-state index contributed by atoms with van der Waals surface area (Å²) in [7, 11) is 0. The number of carbonyl (C=O) groups is 1. The number of carbonyl (C=O) groups excluding carboxylic acids is 1. The lowest BCUT2D eigenvalue weighted by atomic mass is 10.2. The van der Waals surface area contributed by atoms with E-state index < -0.39 is 0 Å². The summed E-state index contributed by atoms with van der Waals surface area (Å²) in [5, 5.41) is 2.89. The van der Waals surface area contributed by atoms with E-state index in [1.54, 1.807) is 0 Å². The van der Waals surface area contributed by atoms with Crippen LogP contribution in [0.4, 0.5) is 10.5 Å². The van der Waals surface area contributed by atoms with Crippen LogP contribution in [0.25, 0.3) is 0 Å². The molecule has 31 heavy (non-hydrogen) atoms. The van der Waals surface area contributed by atoms with Gasteiger partial charge >= 0.3 is 6.09 Å². The monoisotopic (exact) mass is 433 g/mol. The Balaban J connectivity index is 2.84. The maximum absolute atomic E-state index is 12.7. The molecule has 0 atom stereocenters. The Hall–Kier alpha value is -1.59. The molecule has 0 aliphatic carbocycles. The van der Waals surface area contributed by atoms with Crippen molar-refractivity contribution in [2.75, 3.05) is 44.6 Å². The second kappa shape index (κ2) is 18.0. The molecule has 178 valence electrons. The number of ether oxygens (including phenoxy) is 1. The molecule has 0 unspecified atom stereocenters. The Morgan fingerprint density at radius 3 is 1.58 bits per heavy atom. The topological polar surface area (TPSA) is 44.8 Å². The number of hydrogen-bond donors (Lipinski definition) is 1. The molecule has 0 bridgehead atoms. The minimum atomic E-state index is -0.354. The Labute approximate surface area is 191 Å². The third kappa shape index (κ3) is 13.4. The standard InChI is InChI=1S/C26H47N3O2/c1-5-9-18-28(19-10-6-2)22-25(23-29(20-11-7-3)21-12-8-4)31-26(30)27-24-16-14-13-15-17-24/h13-17,25H,5-12,18-23H2,1-4H3,(H,27,30). The quantitative estimate of drug-likeness (QED) is 0.291. The number of unbranched alkanes of at least 4 members (excludes halogenated alkanes) is 4. The molecule has 0 saturated carbocycles. The van der Waals surface area contributed by atoms with Crippen molar-refractivity contribution < 1.29 is 9.53 Å². The number of anilines is 1. The Morgan fingerprint density at radius 2 is 1.19 bits per heavy atom.